The standard InChI is InChI=1S/C24H28F4O6/c1-2-3-10-23(33,11-14-6-4-8-16(25)19(14)27)22(32)24(34,21(31)18(30)13-29)12-15-7-5-9-17(26)20(15)28/h2-9,18,21-22,29-34H,10-13H2,1H3/b3-2+/t18-,21+,22+,23?,24+/m0/s1. The Bertz CT molecular complexity index is 1000. The molecule has 2 aromatic rings. The zero-order chi connectivity index (χ0) is 25.7. The molecule has 6 nitrogen and oxygen atoms in total. The molecule has 5 atom stereocenters. The molecule has 188 valence electrons. The van der Waals surface area contributed by atoms with Gasteiger partial charge in [-0.15, -0.1) is 0 Å². The monoisotopic (exact) mass is 488 g/mol. The normalized spacial score (nSPS) is 18.3. The number of benzene rings is 2. The third kappa shape index (κ3) is 5.83. The number of hydrogen-bond donors (Lipinski definition) is 6. The molecule has 0 fully saturated rings. The van der Waals surface area contributed by atoms with Crippen LogP contribution in [0.3, 0.4) is 0 Å². The molecule has 0 spiro atoms. The maximum atomic E-state index is 14.4. The molecule has 0 saturated heterocycles. The van der Waals surface area contributed by atoms with Crippen LogP contribution in [0.25, 0.3) is 0 Å². The van der Waals surface area contributed by atoms with Gasteiger partial charge in [0.25, 0.3) is 0 Å². The van der Waals surface area contributed by atoms with Crippen molar-refractivity contribution in [1.29, 1.82) is 0 Å². The van der Waals surface area contributed by atoms with Crippen molar-refractivity contribution < 1.29 is 48.2 Å². The summed E-state index contributed by atoms with van der Waals surface area (Å²) in [5.74, 6) is -5.25. The second-order valence-electron chi connectivity index (χ2n) is 8.24. The molecular formula is C24H28F4O6. The van der Waals surface area contributed by atoms with E-state index in [9.17, 15) is 48.2 Å². The average Bonchev–Trinajstić information content (AvgIpc) is 2.82. The summed E-state index contributed by atoms with van der Waals surface area (Å²) in [7, 11) is 0. The quantitative estimate of drug-likeness (QED) is 0.211. The number of halogens is 4. The van der Waals surface area contributed by atoms with Crippen LogP contribution >= 0.6 is 0 Å². The SMILES string of the molecule is C/C=C/CC(O)(Cc1cccc(F)c1F)[C@@H](O)[C@@](O)(Cc1cccc(F)c1F)[C@H](O)[C@@H](O)CO. The minimum absolute atomic E-state index is 0.373. The highest BCUT2D eigenvalue weighted by molar-refractivity contribution is 5.26. The van der Waals surface area contributed by atoms with Crippen molar-refractivity contribution in [2.24, 2.45) is 0 Å². The van der Waals surface area contributed by atoms with Gasteiger partial charge in [-0.05, 0) is 36.6 Å². The van der Waals surface area contributed by atoms with Crippen molar-refractivity contribution in [3.8, 4) is 0 Å². The summed E-state index contributed by atoms with van der Waals surface area (Å²) in [6.07, 6.45) is -6.29. The van der Waals surface area contributed by atoms with Crippen molar-refractivity contribution in [2.75, 3.05) is 6.61 Å². The Morgan fingerprint density at radius 2 is 1.35 bits per heavy atom. The molecule has 0 aliphatic rings. The molecule has 0 aliphatic carbocycles. The predicted octanol–water partition coefficient (Wildman–Crippen LogP) is 1.53. The van der Waals surface area contributed by atoms with Crippen LogP contribution < -0.4 is 0 Å². The van der Waals surface area contributed by atoms with Crippen LogP contribution in [0.1, 0.15) is 24.5 Å². The summed E-state index contributed by atoms with van der Waals surface area (Å²) in [4.78, 5) is 0. The first kappa shape index (κ1) is 27.9. The van der Waals surface area contributed by atoms with E-state index >= 15 is 0 Å². The molecule has 0 amide bonds. The van der Waals surface area contributed by atoms with Crippen LogP contribution in [0.2, 0.25) is 0 Å². The number of rotatable bonds is 11. The third-order valence-electron chi connectivity index (χ3n) is 5.79. The fraction of sp³-hybridized carbons (Fsp3) is 0.417. The van der Waals surface area contributed by atoms with Crippen molar-refractivity contribution >= 4 is 0 Å². The fourth-order valence-corrected chi connectivity index (χ4v) is 3.87. The molecule has 0 heterocycles. The van der Waals surface area contributed by atoms with Crippen molar-refractivity contribution in [1.82, 2.24) is 0 Å². The first-order valence-corrected chi connectivity index (χ1v) is 10.5. The Labute approximate surface area is 194 Å². The lowest BCUT2D eigenvalue weighted by atomic mass is 9.71. The number of allylic oxidation sites excluding steroid dienone is 1. The van der Waals surface area contributed by atoms with Crippen LogP contribution in [0.15, 0.2) is 48.6 Å². The van der Waals surface area contributed by atoms with Crippen LogP contribution in [0.4, 0.5) is 17.6 Å². The van der Waals surface area contributed by atoms with Crippen molar-refractivity contribution in [2.45, 2.75) is 55.7 Å². The molecule has 2 rings (SSSR count). The Hall–Kier alpha value is -2.34. The maximum Gasteiger partial charge on any atom is 0.162 e. The van der Waals surface area contributed by atoms with Crippen LogP contribution in [-0.2, 0) is 12.8 Å². The van der Waals surface area contributed by atoms with Crippen LogP contribution in [0, 0.1) is 23.3 Å². The van der Waals surface area contributed by atoms with Crippen LogP contribution in [0.5, 0.6) is 0 Å². The Morgan fingerprint density at radius 1 is 0.853 bits per heavy atom. The molecule has 6 N–H and O–H groups in total. The Kier molecular flexibility index (Phi) is 9.35. The molecule has 0 aromatic heterocycles. The molecular weight excluding hydrogens is 460 g/mol. The molecule has 2 aromatic carbocycles. The van der Waals surface area contributed by atoms with E-state index in [-0.39, 0.29) is 5.56 Å². The summed E-state index contributed by atoms with van der Waals surface area (Å²) >= 11 is 0. The summed E-state index contributed by atoms with van der Waals surface area (Å²) in [5.41, 5.74) is -6.36. The fourth-order valence-electron chi connectivity index (χ4n) is 3.87. The Morgan fingerprint density at radius 3 is 1.82 bits per heavy atom. The molecule has 0 bridgehead atoms. The third-order valence-corrected chi connectivity index (χ3v) is 5.79. The first-order chi connectivity index (χ1) is 15.9. The maximum absolute atomic E-state index is 14.4. The van der Waals surface area contributed by atoms with Gasteiger partial charge in [0, 0.05) is 12.8 Å². The number of aliphatic hydroxyl groups is 6. The van der Waals surface area contributed by atoms with E-state index in [1.165, 1.54) is 12.2 Å². The van der Waals surface area contributed by atoms with Gasteiger partial charge in [0.1, 0.15) is 29.5 Å². The zero-order valence-electron chi connectivity index (χ0n) is 18.4. The molecule has 0 saturated carbocycles. The number of hydrogen-bond acceptors (Lipinski definition) is 6. The van der Waals surface area contributed by atoms with E-state index < -0.39 is 84.2 Å². The minimum Gasteiger partial charge on any atom is -0.394 e. The highest BCUT2D eigenvalue weighted by atomic mass is 19.2. The van der Waals surface area contributed by atoms with Gasteiger partial charge >= 0.3 is 0 Å². The molecule has 10 heteroatoms. The summed E-state index contributed by atoms with van der Waals surface area (Å²) < 4.78 is 56.2. The van der Waals surface area contributed by atoms with Gasteiger partial charge in [-0.3, -0.25) is 0 Å². The Balaban J connectivity index is 2.62. The van der Waals surface area contributed by atoms with Gasteiger partial charge in [0.15, 0.2) is 23.3 Å². The van der Waals surface area contributed by atoms with Crippen LogP contribution in [-0.4, -0.2) is 66.8 Å². The van der Waals surface area contributed by atoms with Gasteiger partial charge in [-0.25, -0.2) is 17.6 Å². The number of aliphatic hydroxyl groups excluding tert-OH is 4. The molecule has 0 aliphatic heterocycles. The van der Waals surface area contributed by atoms with Gasteiger partial charge < -0.3 is 30.6 Å². The smallest absolute Gasteiger partial charge is 0.162 e. The highest BCUT2D eigenvalue weighted by Crippen LogP contribution is 2.36. The topological polar surface area (TPSA) is 121 Å². The van der Waals surface area contributed by atoms with Crippen molar-refractivity contribution in [3.05, 3.63) is 82.9 Å². The largest absolute Gasteiger partial charge is 0.394 e. The average molecular weight is 488 g/mol. The lowest BCUT2D eigenvalue weighted by Crippen LogP contribution is -2.66. The van der Waals surface area contributed by atoms with E-state index in [1.807, 2.05) is 0 Å². The lowest BCUT2D eigenvalue weighted by molar-refractivity contribution is -0.228. The molecule has 34 heavy (non-hydrogen) atoms. The summed E-state index contributed by atoms with van der Waals surface area (Å²) in [6, 6.07) is 6.08. The zero-order valence-corrected chi connectivity index (χ0v) is 18.4. The van der Waals surface area contributed by atoms with Gasteiger partial charge in [-0.1, -0.05) is 36.4 Å². The van der Waals surface area contributed by atoms with E-state index in [4.69, 9.17) is 0 Å². The second kappa shape index (κ2) is 11.4. The van der Waals surface area contributed by atoms with Gasteiger partial charge in [0.2, 0.25) is 0 Å². The minimum atomic E-state index is -2.98. The first-order valence-electron chi connectivity index (χ1n) is 10.5. The predicted molar refractivity (Wildman–Crippen MR) is 115 cm³/mol. The van der Waals surface area contributed by atoms with Crippen molar-refractivity contribution in [3.63, 3.8) is 0 Å². The second-order valence-corrected chi connectivity index (χ2v) is 8.24. The van der Waals surface area contributed by atoms with Gasteiger partial charge in [-0.2, -0.15) is 0 Å². The summed E-state index contributed by atoms with van der Waals surface area (Å²) in [6.45, 7) is 0.474. The van der Waals surface area contributed by atoms with E-state index in [0.29, 0.717) is 0 Å². The van der Waals surface area contributed by atoms with E-state index in [2.05, 4.69) is 0 Å². The summed E-state index contributed by atoms with van der Waals surface area (Å²) in [5, 5.41) is 63.7. The van der Waals surface area contributed by atoms with Gasteiger partial charge in [0.05, 0.1) is 6.61 Å². The van der Waals surface area contributed by atoms with E-state index in [1.54, 1.807) is 6.92 Å². The van der Waals surface area contributed by atoms with E-state index in [0.717, 1.165) is 36.4 Å². The lowest BCUT2D eigenvalue weighted by Gasteiger charge is -2.46. The highest BCUT2D eigenvalue weighted by Gasteiger charge is 2.54. The molecule has 1 unspecified atom stereocenters. The molecule has 0 radical (unpaired) electrons.